The van der Waals surface area contributed by atoms with Crippen LogP contribution in [0.1, 0.15) is 70.2 Å². The number of nitrogens with one attached hydrogen (secondary N) is 1. The lowest BCUT2D eigenvalue weighted by molar-refractivity contribution is -0.118. The van der Waals surface area contributed by atoms with Crippen molar-refractivity contribution in [3.8, 4) is 22.9 Å². The molecule has 1 aromatic heterocycles. The van der Waals surface area contributed by atoms with Crippen LogP contribution in [0.15, 0.2) is 90.1 Å². The van der Waals surface area contributed by atoms with Crippen LogP contribution in [0, 0.1) is 5.41 Å². The van der Waals surface area contributed by atoms with E-state index in [1.54, 1.807) is 7.11 Å². The van der Waals surface area contributed by atoms with E-state index in [9.17, 15) is 4.79 Å². The fourth-order valence-electron chi connectivity index (χ4n) is 6.07. The number of ether oxygens (including phenoxy) is 2. The number of para-hydroxylation sites is 1. The number of hydrogen-bond donors (Lipinski definition) is 1. The van der Waals surface area contributed by atoms with E-state index in [-0.39, 0.29) is 22.5 Å². The van der Waals surface area contributed by atoms with Crippen LogP contribution in [0.4, 0.5) is 5.82 Å². The second kappa shape index (κ2) is 9.95. The molecule has 0 spiro atoms. The van der Waals surface area contributed by atoms with E-state index in [0.717, 1.165) is 63.3 Å². The third-order valence-electron chi connectivity index (χ3n) is 7.89. The highest BCUT2D eigenvalue weighted by molar-refractivity contribution is 6.01. The molecule has 2 heterocycles. The molecule has 2 aliphatic rings. The van der Waals surface area contributed by atoms with Gasteiger partial charge in [-0.25, -0.2) is 4.68 Å². The lowest BCUT2D eigenvalue weighted by Crippen LogP contribution is -2.34. The molecule has 0 saturated heterocycles. The Balaban J connectivity index is 1.57. The lowest BCUT2D eigenvalue weighted by atomic mass is 9.68. The van der Waals surface area contributed by atoms with Crippen LogP contribution in [0.2, 0.25) is 0 Å². The number of Topliss-reactive ketones (excluding diaryl/α,β-unsaturated/α-hetero) is 1. The third-order valence-corrected chi connectivity index (χ3v) is 7.89. The maximum Gasteiger partial charge on any atom is 0.162 e. The van der Waals surface area contributed by atoms with E-state index in [2.05, 4.69) is 52.1 Å². The number of carbonyl (C=O) groups excluding carboxylic acids is 1. The molecular weight excluding hydrogens is 510 g/mol. The molecule has 0 saturated carbocycles. The molecular formula is C35H37N3O3. The average Bonchev–Trinajstić information content (AvgIpc) is 3.32. The number of methoxy groups -OCH3 is 1. The molecule has 6 heteroatoms. The molecule has 0 fully saturated rings. The summed E-state index contributed by atoms with van der Waals surface area (Å²) in [7, 11) is 1.67. The van der Waals surface area contributed by atoms with Crippen LogP contribution in [0.25, 0.3) is 5.69 Å². The van der Waals surface area contributed by atoms with Crippen LogP contribution >= 0.6 is 0 Å². The zero-order valence-corrected chi connectivity index (χ0v) is 24.6. The molecule has 210 valence electrons. The van der Waals surface area contributed by atoms with Crippen molar-refractivity contribution in [3.63, 3.8) is 0 Å². The molecule has 1 aliphatic heterocycles. The van der Waals surface area contributed by atoms with E-state index < -0.39 is 0 Å². The molecule has 41 heavy (non-hydrogen) atoms. The third kappa shape index (κ3) is 5.03. The summed E-state index contributed by atoms with van der Waals surface area (Å²) in [6.07, 6.45) is 1.29. The summed E-state index contributed by atoms with van der Waals surface area (Å²) in [5, 5.41) is 8.94. The number of allylic oxidation sites excluding steroid dienone is 2. The number of aromatic nitrogens is 2. The Morgan fingerprint density at radius 2 is 1.61 bits per heavy atom. The fourth-order valence-corrected chi connectivity index (χ4v) is 6.07. The van der Waals surface area contributed by atoms with Crippen molar-refractivity contribution in [2.75, 3.05) is 12.4 Å². The van der Waals surface area contributed by atoms with Crippen molar-refractivity contribution in [1.82, 2.24) is 9.78 Å². The number of nitrogens with zero attached hydrogens (tertiary/aromatic N) is 2. The van der Waals surface area contributed by atoms with Gasteiger partial charge in [0.1, 0.15) is 23.1 Å². The Morgan fingerprint density at radius 1 is 0.902 bits per heavy atom. The monoisotopic (exact) mass is 547 g/mol. The van der Waals surface area contributed by atoms with Gasteiger partial charge in [0.2, 0.25) is 0 Å². The van der Waals surface area contributed by atoms with Crippen LogP contribution in [0.5, 0.6) is 17.2 Å². The van der Waals surface area contributed by atoms with Crippen LogP contribution in [0.3, 0.4) is 0 Å². The van der Waals surface area contributed by atoms with Crippen molar-refractivity contribution in [2.24, 2.45) is 5.41 Å². The molecule has 0 amide bonds. The minimum absolute atomic E-state index is 0.138. The molecule has 1 unspecified atom stereocenters. The SMILES string of the molecule is COc1ccc(-n2nc(C(C)(C)C)c3c2NC2=C(C(=O)CC(C)(C)C2)C3c2cccc(Oc3ccccc3)c2)cc1. The maximum atomic E-state index is 14.0. The van der Waals surface area contributed by atoms with E-state index in [0.29, 0.717) is 6.42 Å². The first-order valence-corrected chi connectivity index (χ1v) is 14.2. The van der Waals surface area contributed by atoms with E-state index in [1.807, 2.05) is 71.4 Å². The molecule has 6 rings (SSSR count). The van der Waals surface area contributed by atoms with Crippen LogP contribution in [-0.4, -0.2) is 22.7 Å². The molecule has 1 N–H and O–H groups in total. The predicted octanol–water partition coefficient (Wildman–Crippen LogP) is 8.17. The minimum atomic E-state index is -0.273. The Morgan fingerprint density at radius 3 is 2.29 bits per heavy atom. The first-order valence-electron chi connectivity index (χ1n) is 14.2. The number of carbonyl (C=O) groups is 1. The van der Waals surface area contributed by atoms with Gasteiger partial charge in [-0.2, -0.15) is 5.10 Å². The highest BCUT2D eigenvalue weighted by Crippen LogP contribution is 2.52. The standard InChI is InChI=1S/C35H37N3O3/c1-34(2,3)32-31-29(22-11-10-14-26(19-22)41-25-12-8-7-9-13-25)30-27(20-35(4,5)21-28(30)39)36-33(31)38(37-32)23-15-17-24(40-6)18-16-23/h7-19,29,36H,20-21H2,1-6H3. The zero-order valence-electron chi connectivity index (χ0n) is 24.6. The number of rotatable bonds is 5. The normalized spacial score (nSPS) is 17.9. The Labute approximate surface area is 242 Å². The van der Waals surface area contributed by atoms with Crippen molar-refractivity contribution in [1.29, 1.82) is 0 Å². The van der Waals surface area contributed by atoms with E-state index in [1.165, 1.54) is 0 Å². The summed E-state index contributed by atoms with van der Waals surface area (Å²) in [5.41, 5.74) is 5.35. The molecule has 1 aliphatic carbocycles. The van der Waals surface area contributed by atoms with Crippen LogP contribution in [-0.2, 0) is 10.2 Å². The van der Waals surface area contributed by atoms with Gasteiger partial charge in [0.15, 0.2) is 5.78 Å². The van der Waals surface area contributed by atoms with Crippen molar-refractivity contribution in [2.45, 2.75) is 58.8 Å². The summed E-state index contributed by atoms with van der Waals surface area (Å²) in [6.45, 7) is 10.9. The van der Waals surface area contributed by atoms with E-state index in [4.69, 9.17) is 14.6 Å². The second-order valence-electron chi connectivity index (χ2n) is 12.8. The first-order chi connectivity index (χ1) is 19.5. The molecule has 0 radical (unpaired) electrons. The zero-order chi connectivity index (χ0) is 28.9. The Bertz CT molecular complexity index is 1640. The summed E-state index contributed by atoms with van der Waals surface area (Å²) < 4.78 is 13.6. The highest BCUT2D eigenvalue weighted by Gasteiger charge is 2.45. The van der Waals surface area contributed by atoms with Gasteiger partial charge in [-0.3, -0.25) is 4.79 Å². The number of fused-ring (bicyclic) bond motifs is 1. The Kier molecular flexibility index (Phi) is 6.52. The van der Waals surface area contributed by atoms with Crippen molar-refractivity contribution >= 4 is 11.6 Å². The van der Waals surface area contributed by atoms with Gasteiger partial charge in [0.25, 0.3) is 0 Å². The molecule has 3 aromatic carbocycles. The number of hydrogen-bond acceptors (Lipinski definition) is 5. The predicted molar refractivity (Wildman–Crippen MR) is 162 cm³/mol. The van der Waals surface area contributed by atoms with Gasteiger partial charge < -0.3 is 14.8 Å². The largest absolute Gasteiger partial charge is 0.497 e. The number of ketones is 1. The molecule has 4 aromatic rings. The van der Waals surface area contributed by atoms with Gasteiger partial charge in [-0.1, -0.05) is 65.0 Å². The molecule has 0 bridgehead atoms. The van der Waals surface area contributed by atoms with Gasteiger partial charge >= 0.3 is 0 Å². The molecule has 6 nitrogen and oxygen atoms in total. The van der Waals surface area contributed by atoms with Crippen molar-refractivity contribution < 1.29 is 14.3 Å². The maximum absolute atomic E-state index is 14.0. The van der Waals surface area contributed by atoms with Gasteiger partial charge in [0, 0.05) is 34.6 Å². The summed E-state index contributed by atoms with van der Waals surface area (Å²) in [5.74, 6) is 3.12. The number of benzene rings is 3. The minimum Gasteiger partial charge on any atom is -0.497 e. The molecule has 1 atom stereocenters. The quantitative estimate of drug-likeness (QED) is 0.273. The van der Waals surface area contributed by atoms with Gasteiger partial charge in [0.05, 0.1) is 18.5 Å². The number of anilines is 1. The summed E-state index contributed by atoms with van der Waals surface area (Å²) in [4.78, 5) is 14.0. The first kappa shape index (κ1) is 26.9. The van der Waals surface area contributed by atoms with Gasteiger partial charge in [-0.15, -0.1) is 0 Å². The smallest absolute Gasteiger partial charge is 0.162 e. The van der Waals surface area contributed by atoms with E-state index >= 15 is 0 Å². The lowest BCUT2D eigenvalue weighted by Gasteiger charge is -2.39. The summed E-state index contributed by atoms with van der Waals surface area (Å²) in [6, 6.07) is 25.9. The van der Waals surface area contributed by atoms with Crippen molar-refractivity contribution in [3.05, 3.63) is 107 Å². The Hall–Kier alpha value is -4.32. The van der Waals surface area contributed by atoms with Crippen LogP contribution < -0.4 is 14.8 Å². The second-order valence-corrected chi connectivity index (χ2v) is 12.8. The van der Waals surface area contributed by atoms with Gasteiger partial charge in [-0.05, 0) is 65.9 Å². The topological polar surface area (TPSA) is 65.4 Å². The fraction of sp³-hybridized carbons (Fsp3) is 0.314. The highest BCUT2D eigenvalue weighted by atomic mass is 16.5. The summed E-state index contributed by atoms with van der Waals surface area (Å²) >= 11 is 0. The average molecular weight is 548 g/mol.